The molecule has 0 radical (unpaired) electrons. The highest BCUT2D eigenvalue weighted by Crippen LogP contribution is 1.75. The van der Waals surface area contributed by atoms with Crippen molar-refractivity contribution in [2.45, 2.75) is 0 Å². The van der Waals surface area contributed by atoms with E-state index >= 15 is 0 Å². The van der Waals surface area contributed by atoms with Gasteiger partial charge in [-0.1, -0.05) is 0 Å². The summed E-state index contributed by atoms with van der Waals surface area (Å²) >= 11 is 0. The number of hydrogen-bond donors (Lipinski definition) is 0. The summed E-state index contributed by atoms with van der Waals surface area (Å²) < 4.78 is 1.46. The van der Waals surface area contributed by atoms with E-state index in [9.17, 15) is 10.4 Å². The SMILES string of the molecule is [O-][N+]1=CC[N+]([O-])=CC1. The monoisotopic (exact) mass is 114 g/mol. The van der Waals surface area contributed by atoms with Gasteiger partial charge < -0.3 is 10.4 Å². The van der Waals surface area contributed by atoms with Crippen LogP contribution in [-0.4, -0.2) is 35.0 Å². The quantitative estimate of drug-likeness (QED) is 0.304. The van der Waals surface area contributed by atoms with Gasteiger partial charge in [-0.2, -0.15) is 9.48 Å². The first-order valence-corrected chi connectivity index (χ1v) is 2.33. The second kappa shape index (κ2) is 1.81. The van der Waals surface area contributed by atoms with Crippen LogP contribution in [0.5, 0.6) is 0 Å². The zero-order chi connectivity index (χ0) is 5.98. The highest BCUT2D eigenvalue weighted by Gasteiger charge is 2.03. The third kappa shape index (κ3) is 0.959. The Morgan fingerprint density at radius 3 is 1.62 bits per heavy atom. The van der Waals surface area contributed by atoms with Crippen LogP contribution in [0, 0.1) is 10.4 Å². The van der Waals surface area contributed by atoms with E-state index in [0.717, 1.165) is 9.48 Å². The summed E-state index contributed by atoms with van der Waals surface area (Å²) in [5.74, 6) is 0. The fourth-order valence-electron chi connectivity index (χ4n) is 0.492. The van der Waals surface area contributed by atoms with Crippen LogP contribution >= 0.6 is 0 Å². The second-order valence-electron chi connectivity index (χ2n) is 1.56. The Balaban J connectivity index is 2.54. The smallest absolute Gasteiger partial charge is 0.230 e. The van der Waals surface area contributed by atoms with Crippen molar-refractivity contribution in [1.29, 1.82) is 0 Å². The minimum atomic E-state index is 0.184. The molecule has 0 unspecified atom stereocenters. The zero-order valence-electron chi connectivity index (χ0n) is 4.28. The average Bonchev–Trinajstić information content (AvgIpc) is 1.77. The number of hydrogen-bond acceptors (Lipinski definition) is 2. The van der Waals surface area contributed by atoms with Crippen molar-refractivity contribution in [2.75, 3.05) is 13.1 Å². The summed E-state index contributed by atoms with van der Waals surface area (Å²) in [4.78, 5) is 0. The molecule has 0 fully saturated rings. The fraction of sp³-hybridized carbons (Fsp3) is 0.500. The third-order valence-corrected chi connectivity index (χ3v) is 0.930. The minimum absolute atomic E-state index is 0.184. The molecule has 1 rings (SSSR count). The van der Waals surface area contributed by atoms with Crippen LogP contribution in [0.4, 0.5) is 0 Å². The molecule has 8 heavy (non-hydrogen) atoms. The molecule has 0 saturated carbocycles. The molecule has 1 aliphatic heterocycles. The molecular formula is C4H6N2O2. The fourth-order valence-corrected chi connectivity index (χ4v) is 0.492. The number of nitrogens with zero attached hydrogens (tertiary/aromatic N) is 2. The minimum Gasteiger partial charge on any atom is -0.623 e. The molecule has 4 nitrogen and oxygen atoms in total. The molecule has 0 aromatic carbocycles. The van der Waals surface area contributed by atoms with E-state index in [0.29, 0.717) is 0 Å². The lowest BCUT2D eigenvalue weighted by atomic mass is 10.6. The highest BCUT2D eigenvalue weighted by atomic mass is 16.5. The Labute approximate surface area is 46.5 Å². The van der Waals surface area contributed by atoms with E-state index in [4.69, 9.17) is 0 Å². The topological polar surface area (TPSA) is 52.1 Å². The molecule has 0 aromatic rings. The average molecular weight is 114 g/mol. The summed E-state index contributed by atoms with van der Waals surface area (Å²) in [5, 5.41) is 20.5. The Kier molecular flexibility index (Phi) is 1.15. The van der Waals surface area contributed by atoms with Gasteiger partial charge >= 0.3 is 0 Å². The van der Waals surface area contributed by atoms with Crippen molar-refractivity contribution in [1.82, 2.24) is 0 Å². The number of hydroxylamine groups is 2. The van der Waals surface area contributed by atoms with Crippen LogP contribution in [-0.2, 0) is 0 Å². The Hall–Kier alpha value is -1.06. The summed E-state index contributed by atoms with van der Waals surface area (Å²) in [6.07, 6.45) is 2.62. The van der Waals surface area contributed by atoms with E-state index in [1.807, 2.05) is 0 Å². The molecule has 0 atom stereocenters. The molecule has 0 amide bonds. The summed E-state index contributed by atoms with van der Waals surface area (Å²) in [6, 6.07) is 0. The van der Waals surface area contributed by atoms with Crippen LogP contribution in [0.3, 0.4) is 0 Å². The van der Waals surface area contributed by atoms with Crippen molar-refractivity contribution in [3.8, 4) is 0 Å². The molecule has 1 heterocycles. The zero-order valence-corrected chi connectivity index (χ0v) is 4.28. The van der Waals surface area contributed by atoms with Gasteiger partial charge in [-0.3, -0.25) is 0 Å². The third-order valence-electron chi connectivity index (χ3n) is 0.930. The van der Waals surface area contributed by atoms with Gasteiger partial charge in [-0.05, 0) is 0 Å². The van der Waals surface area contributed by atoms with Crippen LogP contribution in [0.1, 0.15) is 0 Å². The maximum Gasteiger partial charge on any atom is 0.230 e. The van der Waals surface area contributed by atoms with Gasteiger partial charge in [0.2, 0.25) is 25.5 Å². The summed E-state index contributed by atoms with van der Waals surface area (Å²) in [5.41, 5.74) is 0. The van der Waals surface area contributed by atoms with Crippen molar-refractivity contribution in [3.05, 3.63) is 10.4 Å². The Morgan fingerprint density at radius 1 is 1.00 bits per heavy atom. The van der Waals surface area contributed by atoms with Crippen molar-refractivity contribution >= 4 is 12.4 Å². The molecule has 0 N–H and O–H groups in total. The summed E-state index contributed by atoms with van der Waals surface area (Å²) in [7, 11) is 0. The molecule has 1 aliphatic rings. The van der Waals surface area contributed by atoms with Gasteiger partial charge in [0.15, 0.2) is 0 Å². The lowest BCUT2D eigenvalue weighted by Crippen LogP contribution is -2.24. The largest absolute Gasteiger partial charge is 0.623 e. The van der Waals surface area contributed by atoms with Gasteiger partial charge in [-0.15, -0.1) is 0 Å². The van der Waals surface area contributed by atoms with Crippen LogP contribution in [0.2, 0.25) is 0 Å². The maximum atomic E-state index is 10.3. The molecule has 0 saturated heterocycles. The lowest BCUT2D eigenvalue weighted by Gasteiger charge is -2.05. The first-order valence-electron chi connectivity index (χ1n) is 2.33. The van der Waals surface area contributed by atoms with Crippen molar-refractivity contribution in [2.24, 2.45) is 0 Å². The predicted octanol–water partition coefficient (Wildman–Crippen LogP) is -0.838. The molecule has 0 spiro atoms. The Morgan fingerprint density at radius 2 is 1.38 bits per heavy atom. The molecule has 4 heteroatoms. The maximum absolute atomic E-state index is 10.3. The van der Waals surface area contributed by atoms with Gasteiger partial charge in [0, 0.05) is 0 Å². The van der Waals surface area contributed by atoms with Gasteiger partial charge in [0.25, 0.3) is 0 Å². The lowest BCUT2D eigenvalue weighted by molar-refractivity contribution is -0.502. The molecule has 0 aromatic heterocycles. The van der Waals surface area contributed by atoms with Gasteiger partial charge in [0.05, 0.1) is 0 Å². The second-order valence-corrected chi connectivity index (χ2v) is 1.56. The normalized spacial score (nSPS) is 19.5. The van der Waals surface area contributed by atoms with E-state index in [2.05, 4.69) is 0 Å². The van der Waals surface area contributed by atoms with E-state index in [1.165, 1.54) is 12.4 Å². The van der Waals surface area contributed by atoms with Crippen LogP contribution in [0.15, 0.2) is 0 Å². The van der Waals surface area contributed by atoms with E-state index < -0.39 is 0 Å². The number of rotatable bonds is 0. The molecule has 0 bridgehead atoms. The van der Waals surface area contributed by atoms with Crippen molar-refractivity contribution in [3.63, 3.8) is 0 Å². The van der Waals surface area contributed by atoms with Gasteiger partial charge in [0.1, 0.15) is 0 Å². The molecule has 0 aliphatic carbocycles. The Bertz CT molecular complexity index is 132. The van der Waals surface area contributed by atoms with Gasteiger partial charge in [-0.25, -0.2) is 0 Å². The molecular weight excluding hydrogens is 108 g/mol. The highest BCUT2D eigenvalue weighted by molar-refractivity contribution is 5.61. The summed E-state index contributed by atoms with van der Waals surface area (Å²) in [6.45, 7) is 0.368. The first-order chi connectivity index (χ1) is 3.79. The molecule has 44 valence electrons. The van der Waals surface area contributed by atoms with Crippen LogP contribution < -0.4 is 0 Å². The standard InChI is InChI=1S/C4H6N2O2/c7-5-1-2-6(8)4-3-5/h1,4H,2-3H2. The van der Waals surface area contributed by atoms with E-state index in [1.54, 1.807) is 0 Å². The van der Waals surface area contributed by atoms with E-state index in [-0.39, 0.29) is 13.1 Å². The predicted molar refractivity (Wildman–Crippen MR) is 29.1 cm³/mol. The first kappa shape index (κ1) is 5.08. The van der Waals surface area contributed by atoms with Crippen molar-refractivity contribution < 1.29 is 9.48 Å². The van der Waals surface area contributed by atoms with Crippen LogP contribution in [0.25, 0.3) is 0 Å².